The Labute approximate surface area is 117 Å². The van der Waals surface area contributed by atoms with E-state index in [4.69, 9.17) is 4.42 Å². The van der Waals surface area contributed by atoms with Crippen molar-refractivity contribution in [2.75, 3.05) is 20.6 Å². The fourth-order valence-corrected chi connectivity index (χ4v) is 1.88. The molecule has 0 saturated heterocycles. The number of likely N-dealkylation sites (N-methyl/N-ethyl adjacent to an activating group) is 1. The van der Waals surface area contributed by atoms with Crippen molar-refractivity contribution in [1.82, 2.24) is 25.0 Å². The number of carbonyl (C=O) groups excluding carboxylic acids is 1. The van der Waals surface area contributed by atoms with Gasteiger partial charge in [0.15, 0.2) is 0 Å². The number of amides is 1. The first kappa shape index (κ1) is 14.3. The molecule has 0 spiro atoms. The van der Waals surface area contributed by atoms with Gasteiger partial charge in [-0.3, -0.25) is 14.4 Å². The van der Waals surface area contributed by atoms with E-state index in [1.165, 1.54) is 6.33 Å². The summed E-state index contributed by atoms with van der Waals surface area (Å²) in [6, 6.07) is 3.78. The van der Waals surface area contributed by atoms with Crippen LogP contribution in [0.5, 0.6) is 0 Å². The molecule has 2 aromatic heterocycles. The fraction of sp³-hybridized carbons (Fsp3) is 0.462. The van der Waals surface area contributed by atoms with Crippen LogP contribution >= 0.6 is 0 Å². The Kier molecular flexibility index (Phi) is 4.89. The van der Waals surface area contributed by atoms with Crippen LogP contribution in [0.3, 0.4) is 0 Å². The molecule has 0 aliphatic heterocycles. The summed E-state index contributed by atoms with van der Waals surface area (Å²) in [6.45, 7) is 1.04. The van der Waals surface area contributed by atoms with Crippen molar-refractivity contribution in [3.8, 4) is 0 Å². The molecule has 2 heterocycles. The molecule has 0 radical (unpaired) electrons. The maximum atomic E-state index is 11.8. The number of rotatable bonds is 7. The van der Waals surface area contributed by atoms with Crippen molar-refractivity contribution < 1.29 is 9.21 Å². The first-order valence-electron chi connectivity index (χ1n) is 6.45. The van der Waals surface area contributed by atoms with Crippen LogP contribution in [0.25, 0.3) is 0 Å². The van der Waals surface area contributed by atoms with Gasteiger partial charge in [-0.1, -0.05) is 0 Å². The van der Waals surface area contributed by atoms with Crippen molar-refractivity contribution in [2.45, 2.75) is 19.0 Å². The van der Waals surface area contributed by atoms with Crippen LogP contribution in [-0.4, -0.2) is 46.2 Å². The average Bonchev–Trinajstić information content (AvgIpc) is 3.09. The summed E-state index contributed by atoms with van der Waals surface area (Å²) in [5.74, 6) is 0.825. The standard InChI is InChI=1S/C13H19N5O2/c1-17(2)11(12-4-3-7-20-12)8-15-13(19)5-6-18-10-14-9-16-18/h3-4,7,9-11H,5-6,8H2,1-2H3,(H,15,19). The Hall–Kier alpha value is -2.15. The van der Waals surface area contributed by atoms with Crippen LogP contribution in [0.15, 0.2) is 35.5 Å². The lowest BCUT2D eigenvalue weighted by Gasteiger charge is -2.22. The van der Waals surface area contributed by atoms with Crippen LogP contribution in [-0.2, 0) is 11.3 Å². The molecule has 1 N–H and O–H groups in total. The van der Waals surface area contributed by atoms with E-state index in [0.29, 0.717) is 19.5 Å². The molecule has 20 heavy (non-hydrogen) atoms. The minimum absolute atomic E-state index is 0.0149. The summed E-state index contributed by atoms with van der Waals surface area (Å²) in [5.41, 5.74) is 0. The molecule has 2 aromatic rings. The van der Waals surface area contributed by atoms with E-state index in [1.54, 1.807) is 17.3 Å². The molecule has 1 amide bonds. The number of nitrogens with zero attached hydrogens (tertiary/aromatic N) is 4. The number of aryl methyl sites for hydroxylation is 1. The zero-order valence-electron chi connectivity index (χ0n) is 11.7. The lowest BCUT2D eigenvalue weighted by Crippen LogP contribution is -2.34. The van der Waals surface area contributed by atoms with Crippen LogP contribution in [0, 0.1) is 0 Å². The van der Waals surface area contributed by atoms with Crippen molar-refractivity contribution in [2.24, 2.45) is 0 Å². The van der Waals surface area contributed by atoms with E-state index >= 15 is 0 Å². The fourth-order valence-electron chi connectivity index (χ4n) is 1.88. The minimum Gasteiger partial charge on any atom is -0.468 e. The quantitative estimate of drug-likeness (QED) is 0.805. The molecule has 1 unspecified atom stereocenters. The third-order valence-corrected chi connectivity index (χ3v) is 3.02. The third kappa shape index (κ3) is 3.92. The number of carbonyl (C=O) groups is 1. The van der Waals surface area contributed by atoms with Crippen LogP contribution in [0.1, 0.15) is 18.2 Å². The zero-order chi connectivity index (χ0) is 14.4. The Morgan fingerprint density at radius 1 is 1.55 bits per heavy atom. The van der Waals surface area contributed by atoms with E-state index in [-0.39, 0.29) is 11.9 Å². The van der Waals surface area contributed by atoms with Gasteiger partial charge in [-0.15, -0.1) is 0 Å². The second kappa shape index (κ2) is 6.85. The van der Waals surface area contributed by atoms with Crippen molar-refractivity contribution in [1.29, 1.82) is 0 Å². The predicted octanol–water partition coefficient (Wildman–Crippen LogP) is 0.680. The summed E-state index contributed by atoms with van der Waals surface area (Å²) in [7, 11) is 3.91. The normalized spacial score (nSPS) is 12.6. The number of aromatic nitrogens is 3. The lowest BCUT2D eigenvalue weighted by atomic mass is 10.2. The highest BCUT2D eigenvalue weighted by molar-refractivity contribution is 5.75. The second-order valence-corrected chi connectivity index (χ2v) is 4.71. The lowest BCUT2D eigenvalue weighted by molar-refractivity contribution is -0.121. The van der Waals surface area contributed by atoms with Gasteiger partial charge in [0.1, 0.15) is 18.4 Å². The molecule has 2 rings (SSSR count). The van der Waals surface area contributed by atoms with Crippen molar-refractivity contribution in [3.63, 3.8) is 0 Å². The molecule has 1 atom stereocenters. The highest BCUT2D eigenvalue weighted by atomic mass is 16.3. The maximum absolute atomic E-state index is 11.8. The molecule has 0 fully saturated rings. The van der Waals surface area contributed by atoms with Crippen LogP contribution in [0.4, 0.5) is 0 Å². The van der Waals surface area contributed by atoms with Gasteiger partial charge in [0.25, 0.3) is 0 Å². The van der Waals surface area contributed by atoms with Gasteiger partial charge in [0.05, 0.1) is 18.8 Å². The van der Waals surface area contributed by atoms with Gasteiger partial charge < -0.3 is 9.73 Å². The number of nitrogens with one attached hydrogen (secondary N) is 1. The minimum atomic E-state index is -0.0149. The van der Waals surface area contributed by atoms with Gasteiger partial charge in [-0.2, -0.15) is 5.10 Å². The molecule has 7 heteroatoms. The van der Waals surface area contributed by atoms with Gasteiger partial charge in [-0.25, -0.2) is 4.98 Å². The van der Waals surface area contributed by atoms with E-state index in [1.807, 2.05) is 31.1 Å². The third-order valence-electron chi connectivity index (χ3n) is 3.02. The molecule has 108 valence electrons. The number of hydrogen-bond acceptors (Lipinski definition) is 5. The van der Waals surface area contributed by atoms with Crippen LogP contribution < -0.4 is 5.32 Å². The summed E-state index contributed by atoms with van der Waals surface area (Å²) in [4.78, 5) is 17.7. The maximum Gasteiger partial charge on any atom is 0.221 e. The molecule has 0 saturated carbocycles. The van der Waals surface area contributed by atoms with E-state index < -0.39 is 0 Å². The average molecular weight is 277 g/mol. The van der Waals surface area contributed by atoms with Crippen molar-refractivity contribution >= 4 is 5.91 Å². The predicted molar refractivity (Wildman–Crippen MR) is 72.8 cm³/mol. The molecule has 0 aliphatic carbocycles. The molecule has 0 aliphatic rings. The largest absolute Gasteiger partial charge is 0.468 e. The summed E-state index contributed by atoms with van der Waals surface area (Å²) in [5, 5.41) is 6.87. The monoisotopic (exact) mass is 277 g/mol. The summed E-state index contributed by atoms with van der Waals surface area (Å²) in [6.07, 6.45) is 5.07. The van der Waals surface area contributed by atoms with E-state index in [0.717, 1.165) is 5.76 Å². The van der Waals surface area contributed by atoms with E-state index in [9.17, 15) is 4.79 Å². The smallest absolute Gasteiger partial charge is 0.221 e. The Balaban J connectivity index is 1.79. The summed E-state index contributed by atoms with van der Waals surface area (Å²) < 4.78 is 7.03. The molecular formula is C13H19N5O2. The molecule has 0 aromatic carbocycles. The Bertz CT molecular complexity index is 507. The molecular weight excluding hydrogens is 258 g/mol. The van der Waals surface area contributed by atoms with Crippen LogP contribution in [0.2, 0.25) is 0 Å². The Morgan fingerprint density at radius 2 is 2.40 bits per heavy atom. The number of furan rings is 1. The van der Waals surface area contributed by atoms with Gasteiger partial charge in [0, 0.05) is 13.0 Å². The molecule has 0 bridgehead atoms. The first-order valence-corrected chi connectivity index (χ1v) is 6.45. The SMILES string of the molecule is CN(C)C(CNC(=O)CCn1cncn1)c1ccco1. The van der Waals surface area contributed by atoms with Gasteiger partial charge >= 0.3 is 0 Å². The van der Waals surface area contributed by atoms with E-state index in [2.05, 4.69) is 15.4 Å². The van der Waals surface area contributed by atoms with Gasteiger partial charge in [0.2, 0.25) is 5.91 Å². The zero-order valence-corrected chi connectivity index (χ0v) is 11.7. The second-order valence-electron chi connectivity index (χ2n) is 4.71. The van der Waals surface area contributed by atoms with Crippen molar-refractivity contribution in [3.05, 3.63) is 36.8 Å². The first-order chi connectivity index (χ1) is 9.66. The summed E-state index contributed by atoms with van der Waals surface area (Å²) >= 11 is 0. The Morgan fingerprint density at radius 3 is 3.00 bits per heavy atom. The van der Waals surface area contributed by atoms with Gasteiger partial charge in [-0.05, 0) is 26.2 Å². The number of hydrogen-bond donors (Lipinski definition) is 1. The highest BCUT2D eigenvalue weighted by Crippen LogP contribution is 2.17. The highest BCUT2D eigenvalue weighted by Gasteiger charge is 2.17. The molecule has 7 nitrogen and oxygen atoms in total. The topological polar surface area (TPSA) is 76.2 Å².